The molecule has 0 aromatic heterocycles. The summed E-state index contributed by atoms with van der Waals surface area (Å²) in [6.45, 7) is 4.86. The number of carbonyl (C=O) groups is 1. The van der Waals surface area contributed by atoms with E-state index >= 15 is 0 Å². The van der Waals surface area contributed by atoms with Crippen molar-refractivity contribution in [1.82, 2.24) is 9.62 Å². The molecule has 1 saturated heterocycles. The summed E-state index contributed by atoms with van der Waals surface area (Å²) in [4.78, 5) is 14.2. The Labute approximate surface area is 130 Å². The van der Waals surface area contributed by atoms with E-state index in [0.717, 1.165) is 0 Å². The first-order valence-corrected chi connectivity index (χ1v) is 9.01. The van der Waals surface area contributed by atoms with Crippen LogP contribution in [-0.2, 0) is 14.8 Å². The number of hydrogen-bond donors (Lipinski definition) is 2. The standard InChI is InChI=1S/C15H21N3O3S/c1-11(2)14(19)18-9-7-15(8-10-18)16-12-5-3-4-6-13(12)22(20,21)17-15/h3-6,11,16-17H,7-10H2,1-2H3. The number of nitrogens with one attached hydrogen (secondary N) is 2. The number of carbonyl (C=O) groups excluding carboxylic acids is 1. The highest BCUT2D eigenvalue weighted by Gasteiger charge is 2.43. The second-order valence-electron chi connectivity index (χ2n) is 6.29. The van der Waals surface area contributed by atoms with Gasteiger partial charge in [-0.15, -0.1) is 0 Å². The van der Waals surface area contributed by atoms with E-state index < -0.39 is 15.7 Å². The van der Waals surface area contributed by atoms with E-state index in [9.17, 15) is 13.2 Å². The lowest BCUT2D eigenvalue weighted by Gasteiger charge is -2.45. The molecule has 2 heterocycles. The number of hydrogen-bond acceptors (Lipinski definition) is 4. The van der Waals surface area contributed by atoms with Crippen molar-refractivity contribution < 1.29 is 13.2 Å². The van der Waals surface area contributed by atoms with Gasteiger partial charge in [-0.2, -0.15) is 4.72 Å². The molecule has 2 aliphatic heterocycles. The molecule has 0 aliphatic carbocycles. The first-order chi connectivity index (χ1) is 10.3. The molecule has 1 amide bonds. The predicted octanol–water partition coefficient (Wildman–Crippen LogP) is 1.37. The molecule has 0 saturated carbocycles. The first kappa shape index (κ1) is 15.3. The van der Waals surface area contributed by atoms with Crippen LogP contribution in [-0.4, -0.2) is 38.0 Å². The van der Waals surface area contributed by atoms with Gasteiger partial charge in [0.1, 0.15) is 10.6 Å². The minimum atomic E-state index is -3.52. The average molecular weight is 323 g/mol. The third-order valence-corrected chi connectivity index (χ3v) is 5.90. The second-order valence-corrected chi connectivity index (χ2v) is 7.94. The molecule has 0 bridgehead atoms. The molecule has 0 unspecified atom stereocenters. The maximum Gasteiger partial charge on any atom is 0.244 e. The van der Waals surface area contributed by atoms with Gasteiger partial charge in [0, 0.05) is 31.8 Å². The largest absolute Gasteiger partial charge is 0.365 e. The highest BCUT2D eigenvalue weighted by atomic mass is 32.2. The normalized spacial score (nSPS) is 22.2. The Morgan fingerprint density at radius 2 is 1.86 bits per heavy atom. The van der Waals surface area contributed by atoms with Crippen LogP contribution in [0.2, 0.25) is 0 Å². The van der Waals surface area contributed by atoms with E-state index in [0.29, 0.717) is 31.6 Å². The van der Waals surface area contributed by atoms with E-state index in [1.807, 2.05) is 24.8 Å². The van der Waals surface area contributed by atoms with Crippen LogP contribution >= 0.6 is 0 Å². The Hall–Kier alpha value is -1.60. The lowest BCUT2D eigenvalue weighted by atomic mass is 9.96. The number of benzene rings is 1. The van der Waals surface area contributed by atoms with Gasteiger partial charge in [0.2, 0.25) is 15.9 Å². The molecule has 2 aliphatic rings. The fourth-order valence-corrected chi connectivity index (χ4v) is 4.65. The summed E-state index contributed by atoms with van der Waals surface area (Å²) >= 11 is 0. The summed E-state index contributed by atoms with van der Waals surface area (Å²) in [5.74, 6) is 0.0831. The van der Waals surface area contributed by atoms with Crippen LogP contribution in [0, 0.1) is 5.92 Å². The molecule has 1 aromatic rings. The lowest BCUT2D eigenvalue weighted by Crippen LogP contribution is -2.62. The number of piperidine rings is 1. The van der Waals surface area contributed by atoms with Crippen LogP contribution in [0.5, 0.6) is 0 Å². The van der Waals surface area contributed by atoms with Gasteiger partial charge in [-0.05, 0) is 12.1 Å². The van der Waals surface area contributed by atoms with Gasteiger partial charge >= 0.3 is 0 Å². The van der Waals surface area contributed by atoms with E-state index in [1.165, 1.54) is 0 Å². The topological polar surface area (TPSA) is 78.5 Å². The summed E-state index contributed by atoms with van der Waals surface area (Å²) < 4.78 is 27.7. The van der Waals surface area contributed by atoms with Crippen LogP contribution in [0.25, 0.3) is 0 Å². The molecule has 0 radical (unpaired) electrons. The second kappa shape index (κ2) is 5.24. The minimum absolute atomic E-state index is 0.0363. The molecule has 3 rings (SSSR count). The fraction of sp³-hybridized carbons (Fsp3) is 0.533. The highest BCUT2D eigenvalue weighted by molar-refractivity contribution is 7.89. The zero-order chi connectivity index (χ0) is 16.0. The molecule has 0 atom stereocenters. The van der Waals surface area contributed by atoms with Crippen LogP contribution in [0.4, 0.5) is 5.69 Å². The number of fused-ring (bicyclic) bond motifs is 1. The number of anilines is 1. The molecular formula is C15H21N3O3S. The van der Waals surface area contributed by atoms with Crippen LogP contribution in [0.3, 0.4) is 0 Å². The lowest BCUT2D eigenvalue weighted by molar-refractivity contribution is -0.135. The Bertz CT molecular complexity index is 692. The van der Waals surface area contributed by atoms with Crippen LogP contribution in [0.15, 0.2) is 29.2 Å². The number of likely N-dealkylation sites (tertiary alicyclic amines) is 1. The van der Waals surface area contributed by atoms with E-state index in [4.69, 9.17) is 0 Å². The molecule has 1 aromatic carbocycles. The van der Waals surface area contributed by atoms with Crippen molar-refractivity contribution in [1.29, 1.82) is 0 Å². The van der Waals surface area contributed by atoms with Gasteiger partial charge < -0.3 is 10.2 Å². The number of nitrogens with zero attached hydrogens (tertiary/aromatic N) is 1. The molecule has 1 spiro atoms. The molecule has 6 nitrogen and oxygen atoms in total. The monoisotopic (exact) mass is 323 g/mol. The van der Waals surface area contributed by atoms with Crippen molar-refractivity contribution in [2.24, 2.45) is 5.92 Å². The maximum atomic E-state index is 12.4. The van der Waals surface area contributed by atoms with Gasteiger partial charge in [-0.3, -0.25) is 4.79 Å². The quantitative estimate of drug-likeness (QED) is 0.818. The number of para-hydroxylation sites is 1. The SMILES string of the molecule is CC(C)C(=O)N1CCC2(CC1)Nc1ccccc1S(=O)(=O)N2. The van der Waals surface area contributed by atoms with E-state index in [2.05, 4.69) is 10.0 Å². The van der Waals surface area contributed by atoms with Crippen molar-refractivity contribution in [2.75, 3.05) is 18.4 Å². The minimum Gasteiger partial charge on any atom is -0.365 e. The third kappa shape index (κ3) is 2.59. The molecule has 22 heavy (non-hydrogen) atoms. The smallest absolute Gasteiger partial charge is 0.244 e. The maximum absolute atomic E-state index is 12.4. The van der Waals surface area contributed by atoms with Crippen LogP contribution < -0.4 is 10.0 Å². The van der Waals surface area contributed by atoms with Gasteiger partial charge in [-0.25, -0.2) is 8.42 Å². The van der Waals surface area contributed by atoms with E-state index in [1.54, 1.807) is 18.2 Å². The van der Waals surface area contributed by atoms with Crippen molar-refractivity contribution >= 4 is 21.6 Å². The highest BCUT2D eigenvalue weighted by Crippen LogP contribution is 2.34. The van der Waals surface area contributed by atoms with Crippen LogP contribution in [0.1, 0.15) is 26.7 Å². The molecular weight excluding hydrogens is 302 g/mol. The van der Waals surface area contributed by atoms with Gasteiger partial charge in [0.15, 0.2) is 0 Å². The summed E-state index contributed by atoms with van der Waals surface area (Å²) in [5.41, 5.74) is -0.0640. The Morgan fingerprint density at radius 3 is 2.50 bits per heavy atom. The summed E-state index contributed by atoms with van der Waals surface area (Å²) in [6, 6.07) is 6.90. The number of rotatable bonds is 1. The average Bonchev–Trinajstić information content (AvgIpc) is 2.46. The van der Waals surface area contributed by atoms with E-state index in [-0.39, 0.29) is 16.7 Å². The zero-order valence-corrected chi connectivity index (χ0v) is 13.6. The number of amides is 1. The first-order valence-electron chi connectivity index (χ1n) is 7.53. The molecule has 120 valence electrons. The van der Waals surface area contributed by atoms with Gasteiger partial charge in [0.05, 0.1) is 5.69 Å². The summed E-state index contributed by atoms with van der Waals surface area (Å²) in [6.07, 6.45) is 1.11. The zero-order valence-electron chi connectivity index (χ0n) is 12.8. The van der Waals surface area contributed by atoms with Crippen molar-refractivity contribution in [3.8, 4) is 0 Å². The third-order valence-electron chi connectivity index (χ3n) is 4.30. The predicted molar refractivity (Wildman–Crippen MR) is 83.8 cm³/mol. The number of sulfonamides is 1. The summed E-state index contributed by atoms with van der Waals surface area (Å²) in [7, 11) is -3.52. The Kier molecular flexibility index (Phi) is 3.65. The molecule has 1 fully saturated rings. The van der Waals surface area contributed by atoms with Gasteiger partial charge in [-0.1, -0.05) is 26.0 Å². The van der Waals surface area contributed by atoms with Crippen molar-refractivity contribution in [3.63, 3.8) is 0 Å². The fourth-order valence-electron chi connectivity index (χ4n) is 3.10. The Balaban J connectivity index is 1.82. The van der Waals surface area contributed by atoms with Crippen molar-refractivity contribution in [2.45, 2.75) is 37.2 Å². The Morgan fingerprint density at radius 1 is 1.23 bits per heavy atom. The molecule has 2 N–H and O–H groups in total. The van der Waals surface area contributed by atoms with Crippen molar-refractivity contribution in [3.05, 3.63) is 24.3 Å². The summed E-state index contributed by atoms with van der Waals surface area (Å²) in [5, 5.41) is 3.33. The molecule has 7 heteroatoms. The van der Waals surface area contributed by atoms with Gasteiger partial charge in [0.25, 0.3) is 0 Å².